The van der Waals surface area contributed by atoms with Crippen LogP contribution < -0.4 is 15.9 Å². The molecule has 4 rings (SSSR count). The number of nitrogens with zero attached hydrogens (tertiary/aromatic N) is 1. The predicted octanol–water partition coefficient (Wildman–Crippen LogP) is 5.30. The fourth-order valence-electron chi connectivity index (χ4n) is 4.27. The molecule has 7 heteroatoms. The predicted molar refractivity (Wildman–Crippen MR) is 135 cm³/mol. The molecular formula is C26H21ClNO4P. The van der Waals surface area contributed by atoms with Gasteiger partial charge in [-0.3, -0.25) is 0 Å². The van der Waals surface area contributed by atoms with Gasteiger partial charge in [-0.15, -0.1) is 0 Å². The van der Waals surface area contributed by atoms with Crippen molar-refractivity contribution in [2.75, 3.05) is 0 Å². The van der Waals surface area contributed by atoms with Gasteiger partial charge in [0.25, 0.3) is 0 Å². The molecule has 0 radical (unpaired) electrons. The summed E-state index contributed by atoms with van der Waals surface area (Å²) in [4.78, 5) is 22.6. The molecular weight excluding hydrogens is 457 g/mol. The van der Waals surface area contributed by atoms with Crippen molar-refractivity contribution in [3.63, 3.8) is 0 Å². The first kappa shape index (κ1) is 22.7. The van der Waals surface area contributed by atoms with E-state index in [1.165, 1.54) is 6.07 Å². The second-order valence-corrected chi connectivity index (χ2v) is 14.2. The number of rotatable bonds is 7. The Hall–Kier alpha value is -3.53. The van der Waals surface area contributed by atoms with E-state index in [2.05, 4.69) is 0 Å². The molecule has 4 aromatic carbocycles. The van der Waals surface area contributed by atoms with Gasteiger partial charge in [-0.05, 0) is 0 Å². The molecule has 1 N–H and O–H groups in total. The molecule has 0 heterocycles. The molecule has 166 valence electrons. The molecule has 0 aliphatic carbocycles. The van der Waals surface area contributed by atoms with Gasteiger partial charge in [0.05, 0.1) is 0 Å². The van der Waals surface area contributed by atoms with Gasteiger partial charge in [0.1, 0.15) is 0 Å². The summed E-state index contributed by atoms with van der Waals surface area (Å²) in [6, 6.07) is 31.1. The van der Waals surface area contributed by atoms with Gasteiger partial charge in [-0.25, -0.2) is 0 Å². The molecule has 5 nitrogen and oxygen atoms in total. The van der Waals surface area contributed by atoms with Crippen LogP contribution in [0.25, 0.3) is 0 Å². The second-order valence-electron chi connectivity index (χ2n) is 7.77. The second kappa shape index (κ2) is 8.78. The van der Waals surface area contributed by atoms with Gasteiger partial charge in [-0.2, -0.15) is 0 Å². The number of phenolic OH excluding ortho intramolecular Hbond substituents is 1. The summed E-state index contributed by atoms with van der Waals surface area (Å²) in [5, 5.41) is 25.0. The first-order chi connectivity index (χ1) is 15.9. The fourth-order valence-corrected chi connectivity index (χ4v) is 10.4. The number of phenols is 1. The van der Waals surface area contributed by atoms with Crippen LogP contribution in [-0.2, 0) is 6.16 Å². The molecule has 0 aliphatic rings. The van der Waals surface area contributed by atoms with E-state index in [9.17, 15) is 20.0 Å². The zero-order chi connectivity index (χ0) is 23.5. The molecule has 0 aliphatic heterocycles. The van der Waals surface area contributed by atoms with E-state index >= 15 is 0 Å². The zero-order valence-corrected chi connectivity index (χ0v) is 19.2. The first-order valence-corrected chi connectivity index (χ1v) is 13.6. The van der Waals surface area contributed by atoms with E-state index in [-0.39, 0.29) is 28.7 Å². The van der Waals surface area contributed by atoms with Gasteiger partial charge in [0.2, 0.25) is 0 Å². The molecule has 0 fully saturated rings. The standard InChI is InChI=1S/C26H21ClNO4P/c27-33(23-10-4-1-5-11-23,24-12-6-2-7-13-24,25-14-8-3-9-15-25)19-21-17-22(28(31)32)16-20(18-29)26(21)30/h1-18,30H,19H2. The summed E-state index contributed by atoms with van der Waals surface area (Å²) in [5.41, 5.74) is -0.175. The van der Waals surface area contributed by atoms with E-state index < -0.39 is 10.9 Å². The van der Waals surface area contributed by atoms with Crippen LogP contribution in [0.5, 0.6) is 5.75 Å². The number of carbonyl (C=O) groups is 1. The number of hydrogen-bond donors (Lipinski definition) is 1. The number of non-ortho nitro benzene ring substituents is 1. The molecule has 0 spiro atoms. The van der Waals surface area contributed by atoms with Gasteiger partial charge in [0, 0.05) is 0 Å². The Bertz CT molecular complexity index is 1220. The number of hydrogen-bond acceptors (Lipinski definition) is 4. The summed E-state index contributed by atoms with van der Waals surface area (Å²) >= 11 is 7.97. The van der Waals surface area contributed by atoms with E-state index in [0.29, 0.717) is 6.29 Å². The van der Waals surface area contributed by atoms with Crippen LogP contribution in [-0.4, -0.2) is 16.3 Å². The monoisotopic (exact) mass is 477 g/mol. The van der Waals surface area contributed by atoms with Crippen molar-refractivity contribution in [3.8, 4) is 5.75 Å². The number of benzene rings is 4. The Balaban J connectivity index is 2.13. The maximum absolute atomic E-state index is 11.6. The molecule has 0 atom stereocenters. The third kappa shape index (κ3) is 3.80. The Morgan fingerprint density at radius 1 is 0.818 bits per heavy atom. The quantitative estimate of drug-likeness (QED) is 0.169. The summed E-state index contributed by atoms with van der Waals surface area (Å²) in [5.74, 6) is -4.14. The summed E-state index contributed by atoms with van der Waals surface area (Å²) in [6.07, 6.45) is 0.502. The average molecular weight is 478 g/mol. The van der Waals surface area contributed by atoms with E-state index in [1.807, 2.05) is 91.0 Å². The van der Waals surface area contributed by atoms with Gasteiger partial charge < -0.3 is 0 Å². The average Bonchev–Trinajstić information content (AvgIpc) is 2.87. The molecule has 0 saturated heterocycles. The Morgan fingerprint density at radius 3 is 1.61 bits per heavy atom. The molecule has 4 aromatic rings. The Morgan fingerprint density at radius 2 is 1.24 bits per heavy atom. The third-order valence-corrected chi connectivity index (χ3v) is 13.1. The van der Waals surface area contributed by atoms with Crippen molar-refractivity contribution in [2.45, 2.75) is 6.16 Å². The Kier molecular flexibility index (Phi) is 6.03. The van der Waals surface area contributed by atoms with Crippen molar-refractivity contribution >= 4 is 45.1 Å². The van der Waals surface area contributed by atoms with Crippen LogP contribution in [0.3, 0.4) is 0 Å². The first-order valence-electron chi connectivity index (χ1n) is 10.2. The van der Waals surface area contributed by atoms with Gasteiger partial charge >= 0.3 is 196 Å². The van der Waals surface area contributed by atoms with Crippen molar-refractivity contribution in [2.24, 2.45) is 0 Å². The van der Waals surface area contributed by atoms with Crippen LogP contribution in [0, 0.1) is 10.1 Å². The van der Waals surface area contributed by atoms with Crippen LogP contribution in [0.15, 0.2) is 103 Å². The van der Waals surface area contributed by atoms with Crippen molar-refractivity contribution in [3.05, 3.63) is 124 Å². The molecule has 0 saturated carbocycles. The summed E-state index contributed by atoms with van der Waals surface area (Å²) in [6.45, 7) is 0. The Labute approximate surface area is 196 Å². The third-order valence-electron chi connectivity index (χ3n) is 5.89. The zero-order valence-electron chi connectivity index (χ0n) is 17.5. The van der Waals surface area contributed by atoms with Crippen LogP contribution in [0.4, 0.5) is 5.69 Å². The summed E-state index contributed by atoms with van der Waals surface area (Å²) < 4.78 is 0. The molecule has 0 bridgehead atoms. The molecule has 33 heavy (non-hydrogen) atoms. The summed E-state index contributed by atoms with van der Waals surface area (Å²) in [7, 11) is 0. The van der Waals surface area contributed by atoms with Crippen molar-refractivity contribution in [1.29, 1.82) is 0 Å². The molecule has 0 amide bonds. The van der Waals surface area contributed by atoms with E-state index in [1.54, 1.807) is 0 Å². The number of carbonyl (C=O) groups excluding carboxylic acids is 1. The topological polar surface area (TPSA) is 80.4 Å². The van der Waals surface area contributed by atoms with Crippen LogP contribution in [0.2, 0.25) is 0 Å². The number of aromatic hydroxyl groups is 1. The number of nitro benzene ring substituents is 1. The SMILES string of the molecule is O=Cc1cc([N+](=O)[O-])cc(CP(Cl)(c2ccccc2)(c2ccccc2)c2ccccc2)c1O. The van der Waals surface area contributed by atoms with E-state index in [0.717, 1.165) is 22.0 Å². The fraction of sp³-hybridized carbons (Fsp3) is 0.0385. The van der Waals surface area contributed by atoms with E-state index in [4.69, 9.17) is 11.2 Å². The molecule has 0 unspecified atom stereocenters. The number of halogens is 1. The van der Waals surface area contributed by atoms with Gasteiger partial charge in [-0.1, -0.05) is 0 Å². The molecule has 0 aromatic heterocycles. The van der Waals surface area contributed by atoms with Crippen LogP contribution in [0.1, 0.15) is 15.9 Å². The van der Waals surface area contributed by atoms with Gasteiger partial charge in [0.15, 0.2) is 0 Å². The van der Waals surface area contributed by atoms with Crippen molar-refractivity contribution in [1.82, 2.24) is 0 Å². The number of nitro groups is 1. The normalized spacial score (nSPS) is 12.5. The van der Waals surface area contributed by atoms with Crippen molar-refractivity contribution < 1.29 is 14.8 Å². The number of aldehydes is 1. The maximum atomic E-state index is 11.6. The van der Waals surface area contributed by atoms with Crippen LogP contribution >= 0.6 is 17.2 Å². The minimum absolute atomic E-state index is 0.0829. The minimum atomic E-state index is -3.84.